The number of hydrogen-bond donors (Lipinski definition) is 1. The fraction of sp³-hybridized carbons (Fsp3) is 0.250. The highest BCUT2D eigenvalue weighted by molar-refractivity contribution is 7.13. The first-order valence-corrected chi connectivity index (χ1v) is 8.24. The van der Waals surface area contributed by atoms with Crippen LogP contribution in [-0.2, 0) is 11.3 Å². The number of methoxy groups -OCH3 is 2. The number of hydrogen-bond acceptors (Lipinski definition) is 7. The number of fused-ring (bicyclic) bond motifs is 1. The second kappa shape index (κ2) is 6.89. The number of thiazole rings is 1. The van der Waals surface area contributed by atoms with E-state index in [9.17, 15) is 9.59 Å². The van der Waals surface area contributed by atoms with Gasteiger partial charge in [0.1, 0.15) is 12.4 Å². The maximum Gasteiger partial charge on any atom is 0.262 e. The summed E-state index contributed by atoms with van der Waals surface area (Å²) in [4.78, 5) is 33.3. The molecule has 0 aliphatic rings. The second-order valence-corrected chi connectivity index (χ2v) is 6.05. The highest BCUT2D eigenvalue weighted by atomic mass is 32.1. The van der Waals surface area contributed by atoms with E-state index >= 15 is 0 Å². The van der Waals surface area contributed by atoms with Crippen LogP contribution >= 0.6 is 11.3 Å². The molecule has 3 rings (SSSR count). The van der Waals surface area contributed by atoms with Gasteiger partial charge in [-0.05, 0) is 13.0 Å². The van der Waals surface area contributed by atoms with Gasteiger partial charge in [0.25, 0.3) is 5.56 Å². The Balaban J connectivity index is 2.01. The summed E-state index contributed by atoms with van der Waals surface area (Å²) in [6.45, 7) is 1.52. The number of nitrogens with zero attached hydrogens (tertiary/aromatic N) is 3. The molecule has 0 atom stereocenters. The maximum atomic E-state index is 12.8. The van der Waals surface area contributed by atoms with E-state index in [1.54, 1.807) is 30.6 Å². The number of anilines is 1. The Kier molecular flexibility index (Phi) is 4.66. The van der Waals surface area contributed by atoms with E-state index in [0.717, 1.165) is 0 Å². The molecule has 1 N–H and O–H groups in total. The number of nitrogens with one attached hydrogen (secondary N) is 1. The van der Waals surface area contributed by atoms with Gasteiger partial charge in [-0.1, -0.05) is 0 Å². The molecular weight excluding hydrogens is 344 g/mol. The van der Waals surface area contributed by atoms with Crippen molar-refractivity contribution in [1.29, 1.82) is 0 Å². The van der Waals surface area contributed by atoms with Crippen molar-refractivity contribution < 1.29 is 14.3 Å². The van der Waals surface area contributed by atoms with Crippen molar-refractivity contribution in [3.05, 3.63) is 39.9 Å². The summed E-state index contributed by atoms with van der Waals surface area (Å²) in [6, 6.07) is 3.21. The number of amides is 1. The standard InChI is InChI=1S/C16H16N4O4S/c1-9-18-11-7-13(24-3)12(23-2)6-10(11)15(22)20(9)8-14(21)19-16-17-4-5-25-16/h4-7H,8H2,1-3H3,(H,17,19,21). The summed E-state index contributed by atoms with van der Waals surface area (Å²) >= 11 is 1.31. The molecule has 0 radical (unpaired) electrons. The predicted octanol–water partition coefficient (Wildman–Crippen LogP) is 1.82. The Hall–Kier alpha value is -2.94. The summed E-state index contributed by atoms with van der Waals surface area (Å²) in [5, 5.41) is 5.24. The van der Waals surface area contributed by atoms with Crippen molar-refractivity contribution in [2.24, 2.45) is 0 Å². The first-order chi connectivity index (χ1) is 12.0. The number of rotatable bonds is 5. The van der Waals surface area contributed by atoms with Crippen molar-refractivity contribution in [3.8, 4) is 11.5 Å². The number of ether oxygens (including phenoxy) is 2. The SMILES string of the molecule is COc1cc2nc(C)n(CC(=O)Nc3nccs3)c(=O)c2cc1OC. The second-order valence-electron chi connectivity index (χ2n) is 5.16. The van der Waals surface area contributed by atoms with Gasteiger partial charge >= 0.3 is 0 Å². The average molecular weight is 360 g/mol. The van der Waals surface area contributed by atoms with Crippen molar-refractivity contribution in [3.63, 3.8) is 0 Å². The molecule has 2 heterocycles. The number of benzene rings is 1. The summed E-state index contributed by atoms with van der Waals surface area (Å²) < 4.78 is 11.8. The monoisotopic (exact) mass is 360 g/mol. The molecule has 0 saturated heterocycles. The van der Waals surface area contributed by atoms with Gasteiger partial charge in [-0.3, -0.25) is 14.2 Å². The molecule has 1 amide bonds. The number of carbonyl (C=O) groups is 1. The number of aryl methyl sites for hydroxylation is 1. The van der Waals surface area contributed by atoms with Crippen LogP contribution in [0.25, 0.3) is 10.9 Å². The van der Waals surface area contributed by atoms with E-state index in [2.05, 4.69) is 15.3 Å². The van der Waals surface area contributed by atoms with Gasteiger partial charge in [0.2, 0.25) is 5.91 Å². The molecule has 0 bridgehead atoms. The smallest absolute Gasteiger partial charge is 0.262 e. The zero-order chi connectivity index (χ0) is 18.0. The van der Waals surface area contributed by atoms with E-state index in [1.807, 2.05) is 0 Å². The van der Waals surface area contributed by atoms with E-state index in [0.29, 0.717) is 33.4 Å². The number of aromatic nitrogens is 3. The Morgan fingerprint density at radius 1 is 1.28 bits per heavy atom. The normalized spacial score (nSPS) is 10.7. The molecule has 25 heavy (non-hydrogen) atoms. The summed E-state index contributed by atoms with van der Waals surface area (Å²) in [7, 11) is 3.01. The molecule has 130 valence electrons. The zero-order valence-electron chi connectivity index (χ0n) is 13.9. The minimum absolute atomic E-state index is 0.151. The lowest BCUT2D eigenvalue weighted by molar-refractivity contribution is -0.116. The highest BCUT2D eigenvalue weighted by Crippen LogP contribution is 2.30. The van der Waals surface area contributed by atoms with Crippen LogP contribution in [0.4, 0.5) is 5.13 Å². The molecule has 9 heteroatoms. The number of carbonyl (C=O) groups excluding carboxylic acids is 1. The lowest BCUT2D eigenvalue weighted by Crippen LogP contribution is -2.30. The van der Waals surface area contributed by atoms with Crippen LogP contribution < -0.4 is 20.3 Å². The zero-order valence-corrected chi connectivity index (χ0v) is 14.7. The molecule has 0 unspecified atom stereocenters. The van der Waals surface area contributed by atoms with Gasteiger partial charge in [0, 0.05) is 17.6 Å². The van der Waals surface area contributed by atoms with E-state index in [-0.39, 0.29) is 18.0 Å². The Bertz CT molecular complexity index is 982. The van der Waals surface area contributed by atoms with Crippen LogP contribution in [0.2, 0.25) is 0 Å². The summed E-state index contributed by atoms with van der Waals surface area (Å²) in [5.74, 6) is 0.998. The Morgan fingerprint density at radius 2 is 2.00 bits per heavy atom. The van der Waals surface area contributed by atoms with Crippen LogP contribution in [0, 0.1) is 6.92 Å². The van der Waals surface area contributed by atoms with Gasteiger partial charge < -0.3 is 14.8 Å². The Morgan fingerprint density at radius 3 is 2.64 bits per heavy atom. The molecule has 0 aliphatic heterocycles. The Labute approximate surface area is 147 Å². The molecule has 0 aliphatic carbocycles. The fourth-order valence-corrected chi connectivity index (χ4v) is 2.98. The van der Waals surface area contributed by atoms with E-state index in [4.69, 9.17) is 9.47 Å². The predicted molar refractivity (Wildman–Crippen MR) is 94.6 cm³/mol. The van der Waals surface area contributed by atoms with Crippen molar-refractivity contribution in [2.75, 3.05) is 19.5 Å². The topological polar surface area (TPSA) is 95.3 Å². The molecule has 3 aromatic rings. The highest BCUT2D eigenvalue weighted by Gasteiger charge is 2.15. The fourth-order valence-electron chi connectivity index (χ4n) is 2.43. The van der Waals surface area contributed by atoms with E-state index in [1.165, 1.54) is 30.1 Å². The minimum Gasteiger partial charge on any atom is -0.493 e. The van der Waals surface area contributed by atoms with Crippen LogP contribution in [-0.4, -0.2) is 34.7 Å². The van der Waals surface area contributed by atoms with Crippen molar-refractivity contribution in [2.45, 2.75) is 13.5 Å². The van der Waals surface area contributed by atoms with Crippen LogP contribution in [0.5, 0.6) is 11.5 Å². The van der Waals surface area contributed by atoms with Gasteiger partial charge in [0.15, 0.2) is 16.6 Å². The average Bonchev–Trinajstić information content (AvgIpc) is 3.10. The van der Waals surface area contributed by atoms with Gasteiger partial charge in [-0.2, -0.15) is 0 Å². The summed E-state index contributed by atoms with van der Waals surface area (Å²) in [6.07, 6.45) is 1.59. The maximum absolute atomic E-state index is 12.8. The van der Waals surface area contributed by atoms with Crippen LogP contribution in [0.3, 0.4) is 0 Å². The molecule has 8 nitrogen and oxygen atoms in total. The molecule has 1 aromatic carbocycles. The molecule has 2 aromatic heterocycles. The first kappa shape index (κ1) is 16.9. The minimum atomic E-state index is -0.346. The molecular formula is C16H16N4O4S. The van der Waals surface area contributed by atoms with Gasteiger partial charge in [0.05, 0.1) is 25.1 Å². The molecule has 0 spiro atoms. The third-order valence-corrected chi connectivity index (χ3v) is 4.32. The van der Waals surface area contributed by atoms with Crippen molar-refractivity contribution >= 4 is 33.3 Å². The van der Waals surface area contributed by atoms with Crippen LogP contribution in [0.15, 0.2) is 28.5 Å². The molecule has 0 fully saturated rings. The lowest BCUT2D eigenvalue weighted by atomic mass is 10.2. The van der Waals surface area contributed by atoms with Gasteiger partial charge in [-0.25, -0.2) is 9.97 Å². The lowest BCUT2D eigenvalue weighted by Gasteiger charge is -2.12. The van der Waals surface area contributed by atoms with Crippen LogP contribution in [0.1, 0.15) is 5.82 Å². The first-order valence-electron chi connectivity index (χ1n) is 7.36. The summed E-state index contributed by atoms with van der Waals surface area (Å²) in [5.41, 5.74) is 0.162. The largest absolute Gasteiger partial charge is 0.493 e. The van der Waals surface area contributed by atoms with Gasteiger partial charge in [-0.15, -0.1) is 11.3 Å². The third kappa shape index (κ3) is 3.31. The molecule has 0 saturated carbocycles. The van der Waals surface area contributed by atoms with E-state index < -0.39 is 0 Å². The quantitative estimate of drug-likeness (QED) is 0.746. The van der Waals surface area contributed by atoms with Crippen molar-refractivity contribution in [1.82, 2.24) is 14.5 Å². The third-order valence-electron chi connectivity index (χ3n) is 3.63.